The minimum absolute atomic E-state index is 0.161. The quantitative estimate of drug-likeness (QED) is 0.447. The number of amides is 1. The molecule has 0 spiro atoms. The van der Waals surface area contributed by atoms with Gasteiger partial charge in [0, 0.05) is 22.7 Å². The molecule has 8 nitrogen and oxygen atoms in total. The average Bonchev–Trinajstić information content (AvgIpc) is 3.47. The molecule has 4 rings (SSSR count). The largest absolute Gasteiger partial charge is 0.495 e. The first-order valence-electron chi connectivity index (χ1n) is 9.31. The molecule has 2 aromatic carbocycles. The van der Waals surface area contributed by atoms with Crippen LogP contribution in [0.25, 0.3) is 23.2 Å². The number of nitrogens with one attached hydrogen (secondary N) is 1. The summed E-state index contributed by atoms with van der Waals surface area (Å²) in [5.74, 6) is 0.855. The van der Waals surface area contributed by atoms with E-state index in [1.54, 1.807) is 30.3 Å². The number of rotatable bonds is 6. The summed E-state index contributed by atoms with van der Waals surface area (Å²) in [5, 5.41) is 15.3. The second-order valence-corrected chi connectivity index (χ2v) is 6.99. The maximum atomic E-state index is 13.4. The van der Waals surface area contributed by atoms with Gasteiger partial charge in [-0.2, -0.15) is 4.68 Å². The molecule has 9 heteroatoms. The molecule has 2 heterocycles. The lowest BCUT2D eigenvalue weighted by Crippen LogP contribution is -2.20. The van der Waals surface area contributed by atoms with Crippen LogP contribution in [0, 0.1) is 6.92 Å². The van der Waals surface area contributed by atoms with Crippen molar-refractivity contribution >= 4 is 35.0 Å². The number of aromatic nitrogens is 4. The Morgan fingerprint density at radius 2 is 2.00 bits per heavy atom. The van der Waals surface area contributed by atoms with Crippen molar-refractivity contribution in [2.75, 3.05) is 12.4 Å². The van der Waals surface area contributed by atoms with Crippen molar-refractivity contribution in [3.63, 3.8) is 0 Å². The van der Waals surface area contributed by atoms with Crippen LogP contribution in [0.2, 0.25) is 5.02 Å². The van der Waals surface area contributed by atoms with Gasteiger partial charge in [0.25, 0.3) is 5.91 Å². The standard InChI is InChI=1S/C22H18ClN5O3/c1-14-11-18(20(30-2)13-17(14)23)24-22(29)19(12-16-9-6-10-31-16)28-21(25-26-27-28)15-7-4-3-5-8-15/h3-13H,1-2H3,(H,24,29)/b19-12+. The van der Waals surface area contributed by atoms with Crippen LogP contribution in [0.5, 0.6) is 5.75 Å². The average molecular weight is 436 g/mol. The van der Waals surface area contributed by atoms with Crippen LogP contribution in [0.1, 0.15) is 11.3 Å². The molecule has 0 atom stereocenters. The molecule has 0 unspecified atom stereocenters. The highest BCUT2D eigenvalue weighted by Crippen LogP contribution is 2.32. The molecule has 1 N–H and O–H groups in total. The molecular weight excluding hydrogens is 418 g/mol. The van der Waals surface area contributed by atoms with E-state index in [-0.39, 0.29) is 5.70 Å². The molecule has 156 valence electrons. The van der Waals surface area contributed by atoms with Crippen molar-refractivity contribution < 1.29 is 13.9 Å². The van der Waals surface area contributed by atoms with Gasteiger partial charge in [-0.1, -0.05) is 41.9 Å². The maximum Gasteiger partial charge on any atom is 0.274 e. The van der Waals surface area contributed by atoms with Gasteiger partial charge in [-0.15, -0.1) is 5.10 Å². The van der Waals surface area contributed by atoms with E-state index in [4.69, 9.17) is 20.8 Å². The normalized spacial score (nSPS) is 11.4. The Balaban J connectivity index is 1.77. The minimum Gasteiger partial charge on any atom is -0.495 e. The third-order valence-electron chi connectivity index (χ3n) is 4.51. The van der Waals surface area contributed by atoms with Crippen molar-refractivity contribution in [3.8, 4) is 17.1 Å². The topological polar surface area (TPSA) is 95.1 Å². The van der Waals surface area contributed by atoms with Gasteiger partial charge in [-0.25, -0.2) is 0 Å². The number of ether oxygens (including phenoxy) is 1. The first kappa shape index (κ1) is 20.4. The highest BCUT2D eigenvalue weighted by Gasteiger charge is 2.21. The van der Waals surface area contributed by atoms with Crippen LogP contribution in [-0.2, 0) is 4.79 Å². The Hall–Kier alpha value is -3.91. The van der Waals surface area contributed by atoms with Crippen LogP contribution >= 0.6 is 11.6 Å². The monoisotopic (exact) mass is 435 g/mol. The van der Waals surface area contributed by atoms with Gasteiger partial charge < -0.3 is 14.5 Å². The molecule has 0 aliphatic heterocycles. The van der Waals surface area contributed by atoms with Gasteiger partial charge in [-0.3, -0.25) is 4.79 Å². The van der Waals surface area contributed by atoms with Crippen LogP contribution in [0.3, 0.4) is 0 Å². The zero-order chi connectivity index (χ0) is 21.8. The molecule has 0 radical (unpaired) electrons. The highest BCUT2D eigenvalue weighted by atomic mass is 35.5. The Labute approximate surface area is 183 Å². The lowest BCUT2D eigenvalue weighted by Gasteiger charge is -2.14. The molecule has 4 aromatic rings. The van der Waals surface area contributed by atoms with Crippen LogP contribution in [-0.4, -0.2) is 33.2 Å². The fourth-order valence-corrected chi connectivity index (χ4v) is 3.12. The first-order valence-corrected chi connectivity index (χ1v) is 9.69. The molecule has 2 aromatic heterocycles. The van der Waals surface area contributed by atoms with E-state index >= 15 is 0 Å². The summed E-state index contributed by atoms with van der Waals surface area (Å²) in [6.45, 7) is 1.84. The molecule has 1 amide bonds. The second-order valence-electron chi connectivity index (χ2n) is 6.58. The number of hydrogen-bond donors (Lipinski definition) is 1. The SMILES string of the molecule is COc1cc(Cl)c(C)cc1NC(=O)/C(=C\c1ccco1)n1nnnc1-c1ccccc1. The van der Waals surface area contributed by atoms with Gasteiger partial charge >= 0.3 is 0 Å². The molecule has 31 heavy (non-hydrogen) atoms. The van der Waals surface area contributed by atoms with E-state index < -0.39 is 5.91 Å². The minimum atomic E-state index is -0.457. The molecule has 0 fully saturated rings. The summed E-state index contributed by atoms with van der Waals surface area (Å²) in [6.07, 6.45) is 3.08. The number of carbonyl (C=O) groups excluding carboxylic acids is 1. The number of halogens is 1. The second kappa shape index (κ2) is 8.85. The fraction of sp³-hybridized carbons (Fsp3) is 0.0909. The summed E-state index contributed by atoms with van der Waals surface area (Å²) < 4.78 is 12.1. The van der Waals surface area contributed by atoms with Crippen molar-refractivity contribution in [2.45, 2.75) is 6.92 Å². The lowest BCUT2D eigenvalue weighted by atomic mass is 10.2. The third-order valence-corrected chi connectivity index (χ3v) is 4.92. The summed E-state index contributed by atoms with van der Waals surface area (Å²) >= 11 is 6.18. The van der Waals surface area contributed by atoms with Crippen molar-refractivity contribution in [1.82, 2.24) is 20.2 Å². The number of carbonyl (C=O) groups is 1. The third kappa shape index (κ3) is 4.34. The predicted molar refractivity (Wildman–Crippen MR) is 117 cm³/mol. The van der Waals surface area contributed by atoms with Gasteiger partial charge in [0.1, 0.15) is 17.2 Å². The number of methoxy groups -OCH3 is 1. The molecule has 0 aliphatic rings. The number of nitrogens with zero attached hydrogens (tertiary/aromatic N) is 4. The van der Waals surface area contributed by atoms with Gasteiger partial charge in [0.15, 0.2) is 5.82 Å². The predicted octanol–water partition coefficient (Wildman–Crippen LogP) is 4.54. The molecule has 0 bridgehead atoms. The van der Waals surface area contributed by atoms with Crippen molar-refractivity contribution in [3.05, 3.63) is 77.2 Å². The fourth-order valence-electron chi connectivity index (χ4n) is 2.96. The van der Waals surface area contributed by atoms with Gasteiger partial charge in [-0.05, 0) is 41.1 Å². The van der Waals surface area contributed by atoms with Crippen molar-refractivity contribution in [2.24, 2.45) is 0 Å². The number of benzene rings is 2. The van der Waals surface area contributed by atoms with Gasteiger partial charge in [0.05, 0.1) is 19.1 Å². The van der Waals surface area contributed by atoms with Crippen LogP contribution < -0.4 is 10.1 Å². The zero-order valence-corrected chi connectivity index (χ0v) is 17.5. The van der Waals surface area contributed by atoms with E-state index in [0.29, 0.717) is 28.0 Å². The number of tetrazole rings is 1. The first-order chi connectivity index (χ1) is 15.1. The summed E-state index contributed by atoms with van der Waals surface area (Å²) in [6, 6.07) is 16.2. The summed E-state index contributed by atoms with van der Waals surface area (Å²) in [7, 11) is 1.51. The van der Waals surface area contributed by atoms with Crippen LogP contribution in [0.4, 0.5) is 5.69 Å². The Bertz CT molecular complexity index is 1230. The number of furan rings is 1. The lowest BCUT2D eigenvalue weighted by molar-refractivity contribution is -0.111. The van der Waals surface area contributed by atoms with E-state index in [0.717, 1.165) is 11.1 Å². The Morgan fingerprint density at radius 1 is 1.19 bits per heavy atom. The van der Waals surface area contributed by atoms with E-state index in [1.807, 2.05) is 37.3 Å². The Morgan fingerprint density at radius 3 is 2.71 bits per heavy atom. The van der Waals surface area contributed by atoms with Crippen LogP contribution in [0.15, 0.2) is 65.3 Å². The van der Waals surface area contributed by atoms with E-state index in [2.05, 4.69) is 20.8 Å². The maximum absolute atomic E-state index is 13.4. The zero-order valence-electron chi connectivity index (χ0n) is 16.7. The summed E-state index contributed by atoms with van der Waals surface area (Å²) in [4.78, 5) is 13.4. The van der Waals surface area contributed by atoms with E-state index in [1.165, 1.54) is 18.1 Å². The van der Waals surface area contributed by atoms with Crippen molar-refractivity contribution in [1.29, 1.82) is 0 Å². The van der Waals surface area contributed by atoms with Gasteiger partial charge in [0.2, 0.25) is 0 Å². The summed E-state index contributed by atoms with van der Waals surface area (Å²) in [5.41, 5.74) is 2.18. The number of hydrogen-bond acceptors (Lipinski definition) is 6. The smallest absolute Gasteiger partial charge is 0.274 e. The van der Waals surface area contributed by atoms with E-state index in [9.17, 15) is 4.79 Å². The molecule has 0 saturated heterocycles. The Kier molecular flexibility index (Phi) is 5.81. The molecule has 0 saturated carbocycles. The molecular formula is C22H18ClN5O3. The number of aryl methyl sites for hydroxylation is 1. The number of anilines is 1. The highest BCUT2D eigenvalue weighted by molar-refractivity contribution is 6.31. The molecule has 0 aliphatic carbocycles.